The van der Waals surface area contributed by atoms with Crippen molar-refractivity contribution in [2.75, 3.05) is 7.04 Å². The van der Waals surface area contributed by atoms with E-state index >= 15 is 0 Å². The summed E-state index contributed by atoms with van der Waals surface area (Å²) in [5.41, 5.74) is 0. The number of nitrogens with zero attached hydrogens (tertiary/aromatic N) is 2. The molecule has 0 aliphatic heterocycles. The first-order chi connectivity index (χ1) is 7.02. The minimum Gasteiger partial charge on any atom is -0.468 e. The molecule has 0 saturated heterocycles. The van der Waals surface area contributed by atoms with Crippen LogP contribution in [0.1, 0.15) is 9.60 Å². The van der Waals surface area contributed by atoms with Gasteiger partial charge in [-0.05, 0) is 15.9 Å². The summed E-state index contributed by atoms with van der Waals surface area (Å²) in [5, 5.41) is 0. The van der Waals surface area contributed by atoms with Gasteiger partial charge in [0.15, 0.2) is 0 Å². The van der Waals surface area contributed by atoms with E-state index in [1.807, 2.05) is 0 Å². The maximum Gasteiger partial charge on any atom is 0.296 e. The summed E-state index contributed by atoms with van der Waals surface area (Å²) in [4.78, 5) is 3.40. The lowest BCUT2D eigenvalue weighted by molar-refractivity contribution is 0.365. The zero-order chi connectivity index (χ0) is 12.7. The highest BCUT2D eigenvalue weighted by molar-refractivity contribution is 9.10. The smallest absolute Gasteiger partial charge is 0.296 e. The predicted octanol–water partition coefficient (Wildman–Crippen LogP) is 1.19. The maximum absolute atomic E-state index is 7.28. The molecule has 1 rings (SSSR count). The Balaban J connectivity index is 3.25. The highest BCUT2D eigenvalue weighted by Gasteiger charge is 2.00. The van der Waals surface area contributed by atoms with Crippen molar-refractivity contribution in [3.8, 4) is 6.01 Å². The van der Waals surface area contributed by atoms with Crippen molar-refractivity contribution in [3.05, 3.63) is 10.8 Å². The molecule has 0 N–H and O–H groups in total. The van der Waals surface area contributed by atoms with E-state index in [1.165, 1.54) is 0 Å². The summed E-state index contributed by atoms with van der Waals surface area (Å²) in [7, 11) is -2.82. The molecule has 0 aliphatic rings. The molecule has 9 heavy (non-hydrogen) atoms. The number of hydrogen-bond acceptors (Lipinski definition) is 2. The molecule has 4 heteroatoms. The van der Waals surface area contributed by atoms with Crippen molar-refractivity contribution in [3.63, 3.8) is 0 Å². The standard InChI is InChI=1S/C5H7BrN2O/c1-8-4(6)3-7-5(8)9-2/h3H,1-2H3/i1D3,2D3,3D. The predicted molar refractivity (Wildman–Crippen MR) is 37.5 cm³/mol. The molecule has 0 atom stereocenters. The molecular formula is C5H7BrN2O. The highest BCUT2D eigenvalue weighted by Crippen LogP contribution is 2.14. The number of aromatic nitrogens is 2. The molecule has 0 amide bonds. The van der Waals surface area contributed by atoms with Crippen molar-refractivity contribution in [1.82, 2.24) is 9.55 Å². The average Bonchev–Trinajstić information content (AvgIpc) is 2.21. The number of ether oxygens (including phenoxy) is 1. The van der Waals surface area contributed by atoms with Gasteiger partial charge in [0.25, 0.3) is 6.01 Å². The summed E-state index contributed by atoms with van der Waals surface area (Å²) in [6.07, 6.45) is -0.407. The third-order valence-electron chi connectivity index (χ3n) is 0.723. The van der Waals surface area contributed by atoms with E-state index < -0.39 is 26.2 Å². The minimum atomic E-state index is -2.82. The SMILES string of the molecule is [2H]c1nc(OC([2H])([2H])[2H])n(C([2H])([2H])[2H])c1Br. The Morgan fingerprint density at radius 2 is 3.00 bits per heavy atom. The van der Waals surface area contributed by atoms with Gasteiger partial charge in [-0.15, -0.1) is 0 Å². The van der Waals surface area contributed by atoms with E-state index in [-0.39, 0.29) is 4.60 Å². The fraction of sp³-hybridized carbons (Fsp3) is 0.400. The van der Waals surface area contributed by atoms with E-state index in [0.717, 1.165) is 0 Å². The van der Waals surface area contributed by atoms with Crippen molar-refractivity contribution >= 4 is 15.9 Å². The second-order valence-corrected chi connectivity index (χ2v) is 1.99. The summed E-state index contributed by atoms with van der Waals surface area (Å²) in [6.45, 7) is -2.67. The molecule has 0 bridgehead atoms. The summed E-state index contributed by atoms with van der Waals surface area (Å²) in [6, 6.07) is -0.642. The normalized spacial score (nSPS) is 23.9. The van der Waals surface area contributed by atoms with Crippen LogP contribution in [-0.2, 0) is 6.98 Å². The monoisotopic (exact) mass is 197 g/mol. The van der Waals surface area contributed by atoms with E-state index in [9.17, 15) is 0 Å². The first-order valence-corrected chi connectivity index (χ1v) is 2.76. The first-order valence-electron chi connectivity index (χ1n) is 5.47. The lowest BCUT2D eigenvalue weighted by Crippen LogP contribution is -1.93. The largest absolute Gasteiger partial charge is 0.468 e. The van der Waals surface area contributed by atoms with Gasteiger partial charge in [0.1, 0.15) is 4.60 Å². The molecular weight excluding hydrogens is 184 g/mol. The van der Waals surface area contributed by atoms with Crippen LogP contribution in [0.25, 0.3) is 0 Å². The Morgan fingerprint density at radius 3 is 3.67 bits per heavy atom. The first kappa shape index (κ1) is 1.99. The fourth-order valence-electron chi connectivity index (χ4n) is 0.346. The number of methoxy groups -OCH3 is 1. The van der Waals surface area contributed by atoms with Crippen LogP contribution in [0.5, 0.6) is 6.01 Å². The average molecular weight is 198 g/mol. The molecule has 0 aromatic carbocycles. The number of halogens is 1. The third-order valence-corrected chi connectivity index (χ3v) is 1.25. The zero-order valence-electron chi connectivity index (χ0n) is 11.2. The highest BCUT2D eigenvalue weighted by atomic mass is 79.9. The summed E-state index contributed by atoms with van der Waals surface area (Å²) in [5.74, 6) is 0. The van der Waals surface area contributed by atoms with Gasteiger partial charge in [0.2, 0.25) is 0 Å². The number of imidazole rings is 1. The Kier molecular flexibility index (Phi) is 0.527. The molecule has 0 spiro atoms. The second kappa shape index (κ2) is 2.39. The topological polar surface area (TPSA) is 27.1 Å². The molecule has 50 valence electrons. The van der Waals surface area contributed by atoms with Gasteiger partial charge < -0.3 is 4.74 Å². The molecule has 3 nitrogen and oxygen atoms in total. The second-order valence-electron chi connectivity index (χ2n) is 1.23. The summed E-state index contributed by atoms with van der Waals surface area (Å²) >= 11 is 2.83. The van der Waals surface area contributed by atoms with Gasteiger partial charge in [-0.3, -0.25) is 4.57 Å². The van der Waals surface area contributed by atoms with Gasteiger partial charge in [0, 0.05) is 11.1 Å². The van der Waals surface area contributed by atoms with Crippen LogP contribution in [0, 0.1) is 0 Å². The van der Waals surface area contributed by atoms with Gasteiger partial charge in [-0.25, -0.2) is 4.98 Å². The molecule has 0 aliphatic carbocycles. The quantitative estimate of drug-likeness (QED) is 0.677. The van der Waals surface area contributed by atoms with Crippen LogP contribution >= 0.6 is 15.9 Å². The van der Waals surface area contributed by atoms with Crippen molar-refractivity contribution in [1.29, 1.82) is 0 Å². The maximum atomic E-state index is 7.28. The zero-order valence-corrected chi connectivity index (χ0v) is 5.77. The Morgan fingerprint density at radius 1 is 2.11 bits per heavy atom. The van der Waals surface area contributed by atoms with Gasteiger partial charge in [-0.1, -0.05) is 0 Å². The van der Waals surface area contributed by atoms with Gasteiger partial charge in [-0.2, -0.15) is 0 Å². The van der Waals surface area contributed by atoms with Crippen LogP contribution in [0.3, 0.4) is 0 Å². The lowest BCUT2D eigenvalue weighted by Gasteiger charge is -1.97. The van der Waals surface area contributed by atoms with E-state index in [4.69, 9.17) is 9.60 Å². The van der Waals surface area contributed by atoms with Gasteiger partial charge in [0.05, 0.1) is 18.7 Å². The van der Waals surface area contributed by atoms with E-state index in [1.54, 1.807) is 0 Å². The molecule has 0 unspecified atom stereocenters. The Bertz CT molecular complexity index is 395. The molecule has 0 saturated carbocycles. The number of rotatable bonds is 1. The van der Waals surface area contributed by atoms with Crippen LogP contribution < -0.4 is 4.74 Å². The minimum absolute atomic E-state index is 0.160. The molecule has 1 aromatic heterocycles. The molecule has 1 aromatic rings. The molecule has 1 heterocycles. The van der Waals surface area contributed by atoms with Crippen LogP contribution in [0.4, 0.5) is 0 Å². The Labute approximate surface area is 71.6 Å². The third kappa shape index (κ3) is 1.08. The number of hydrogen-bond donors (Lipinski definition) is 0. The van der Waals surface area contributed by atoms with Crippen LogP contribution in [0.15, 0.2) is 10.8 Å². The fourth-order valence-corrected chi connectivity index (χ4v) is 0.587. The summed E-state index contributed by atoms with van der Waals surface area (Å²) < 4.78 is 54.1. The molecule has 0 radical (unpaired) electrons. The van der Waals surface area contributed by atoms with Crippen molar-refractivity contribution in [2.45, 2.75) is 0 Å². The Hall–Kier alpha value is -0.510. The van der Waals surface area contributed by atoms with Crippen LogP contribution in [0.2, 0.25) is 0 Å². The lowest BCUT2D eigenvalue weighted by atomic mass is 10.9. The van der Waals surface area contributed by atoms with E-state index in [2.05, 4.69) is 25.7 Å². The van der Waals surface area contributed by atoms with Crippen molar-refractivity contribution < 1.29 is 14.3 Å². The molecule has 0 fully saturated rings. The van der Waals surface area contributed by atoms with Gasteiger partial charge >= 0.3 is 0 Å². The van der Waals surface area contributed by atoms with E-state index in [0.29, 0.717) is 4.57 Å². The van der Waals surface area contributed by atoms with Crippen LogP contribution in [-0.4, -0.2) is 16.6 Å². The van der Waals surface area contributed by atoms with Crippen molar-refractivity contribution in [2.24, 2.45) is 6.98 Å².